The largest absolute Gasteiger partial charge is 0.505 e. The summed E-state index contributed by atoms with van der Waals surface area (Å²) in [6, 6.07) is 3.25. The van der Waals surface area contributed by atoms with E-state index in [2.05, 4.69) is 9.91 Å². The van der Waals surface area contributed by atoms with Gasteiger partial charge in [-0.2, -0.15) is 8.78 Å². The van der Waals surface area contributed by atoms with Crippen LogP contribution < -0.4 is 4.74 Å². The fourth-order valence-corrected chi connectivity index (χ4v) is 2.28. The van der Waals surface area contributed by atoms with Crippen LogP contribution in [0.5, 0.6) is 23.0 Å². The number of rotatable bonds is 6. The van der Waals surface area contributed by atoms with Crippen molar-refractivity contribution < 1.29 is 33.3 Å². The highest BCUT2D eigenvalue weighted by atomic mass is 19.1. The Morgan fingerprint density at radius 1 is 1.19 bits per heavy atom. The molecular formula is C17H15F2NO6. The van der Waals surface area contributed by atoms with Crippen LogP contribution in [0.1, 0.15) is 17.5 Å². The highest BCUT2D eigenvalue weighted by Gasteiger charge is 2.23. The number of carbonyl (C=O) groups is 1. The van der Waals surface area contributed by atoms with Crippen molar-refractivity contribution in [2.45, 2.75) is 19.8 Å². The summed E-state index contributed by atoms with van der Waals surface area (Å²) < 4.78 is 38.1. The summed E-state index contributed by atoms with van der Waals surface area (Å²) in [7, 11) is 1.20. The molecule has 0 saturated heterocycles. The van der Waals surface area contributed by atoms with Crippen LogP contribution >= 0.6 is 0 Å². The van der Waals surface area contributed by atoms with Crippen molar-refractivity contribution >= 4 is 11.7 Å². The first kappa shape index (κ1) is 19.1. The van der Waals surface area contributed by atoms with E-state index in [0.717, 1.165) is 12.1 Å². The summed E-state index contributed by atoms with van der Waals surface area (Å²) in [5.74, 6) is -5.95. The number of aryl methyl sites for hydroxylation is 2. The highest BCUT2D eigenvalue weighted by Crippen LogP contribution is 2.42. The number of halogens is 2. The molecule has 0 spiro atoms. The van der Waals surface area contributed by atoms with Gasteiger partial charge in [-0.1, -0.05) is 0 Å². The number of phenols is 2. The molecule has 9 heteroatoms. The molecule has 2 N–H and O–H groups in total. The van der Waals surface area contributed by atoms with Crippen molar-refractivity contribution in [1.82, 2.24) is 0 Å². The fourth-order valence-electron chi connectivity index (χ4n) is 2.28. The lowest BCUT2D eigenvalue weighted by atomic mass is 10.0. The van der Waals surface area contributed by atoms with Gasteiger partial charge in [-0.3, -0.25) is 4.79 Å². The third-order valence-corrected chi connectivity index (χ3v) is 3.64. The first-order chi connectivity index (χ1) is 12.3. The van der Waals surface area contributed by atoms with Crippen LogP contribution in [0, 0.1) is 23.5 Å². The monoisotopic (exact) mass is 367 g/mol. The number of methoxy groups -OCH3 is 1. The predicted molar refractivity (Wildman–Crippen MR) is 86.7 cm³/mol. The number of nitroso groups, excluding NO2 is 1. The Labute approximate surface area is 146 Å². The number of carbonyl (C=O) groups excluding carboxylic acids is 1. The minimum Gasteiger partial charge on any atom is -0.505 e. The van der Waals surface area contributed by atoms with E-state index in [-0.39, 0.29) is 24.0 Å². The molecular weight excluding hydrogens is 352 g/mol. The highest BCUT2D eigenvalue weighted by molar-refractivity contribution is 5.69. The van der Waals surface area contributed by atoms with E-state index in [1.165, 1.54) is 20.1 Å². The van der Waals surface area contributed by atoms with Crippen molar-refractivity contribution in [3.05, 3.63) is 45.9 Å². The van der Waals surface area contributed by atoms with Gasteiger partial charge >= 0.3 is 5.97 Å². The topological polar surface area (TPSA) is 105 Å². The molecule has 2 aromatic rings. The third-order valence-electron chi connectivity index (χ3n) is 3.64. The molecule has 0 atom stereocenters. The molecule has 7 nitrogen and oxygen atoms in total. The Morgan fingerprint density at radius 2 is 1.88 bits per heavy atom. The maximum atomic E-state index is 14.5. The van der Waals surface area contributed by atoms with Gasteiger partial charge in [0, 0.05) is 6.42 Å². The number of hydrogen-bond acceptors (Lipinski definition) is 7. The van der Waals surface area contributed by atoms with Gasteiger partial charge in [0.2, 0.25) is 11.6 Å². The SMILES string of the molecule is COC(=O)CCc1cc(C)c(Oc2c(N=O)ccc(O)c2F)c(F)c1O. The molecule has 0 aliphatic heterocycles. The predicted octanol–water partition coefficient (Wildman–Crippen LogP) is 3.98. The summed E-state index contributed by atoms with van der Waals surface area (Å²) in [6.45, 7) is 1.42. The number of hydrogen-bond donors (Lipinski definition) is 2. The van der Waals surface area contributed by atoms with E-state index in [0.29, 0.717) is 0 Å². The summed E-state index contributed by atoms with van der Waals surface area (Å²) >= 11 is 0. The molecule has 2 rings (SSSR count). The third kappa shape index (κ3) is 3.71. The van der Waals surface area contributed by atoms with Crippen LogP contribution in [0.15, 0.2) is 23.4 Å². The molecule has 26 heavy (non-hydrogen) atoms. The molecule has 2 aromatic carbocycles. The van der Waals surface area contributed by atoms with Crippen LogP contribution in [0.3, 0.4) is 0 Å². The van der Waals surface area contributed by atoms with Crippen LogP contribution in [-0.2, 0) is 16.0 Å². The maximum Gasteiger partial charge on any atom is 0.305 e. The van der Waals surface area contributed by atoms with Gasteiger partial charge in [-0.05, 0) is 47.8 Å². The minimum absolute atomic E-state index is 0.0121. The standard InChI is InChI=1S/C17H15F2NO6/c1-8-7-9(3-6-12(22)25-2)15(23)14(19)16(8)26-17-10(20-24)4-5-11(21)13(17)18/h4-5,7,21,23H,3,6H2,1-2H3. The molecule has 0 aromatic heterocycles. The Bertz CT molecular complexity index is 869. The van der Waals surface area contributed by atoms with Crippen LogP contribution in [-0.4, -0.2) is 23.3 Å². The summed E-state index contributed by atoms with van der Waals surface area (Å²) in [6.07, 6.45) is -0.0677. The Balaban J connectivity index is 2.43. The number of esters is 1. The smallest absolute Gasteiger partial charge is 0.305 e. The molecule has 0 fully saturated rings. The van der Waals surface area contributed by atoms with Gasteiger partial charge < -0.3 is 19.7 Å². The minimum atomic E-state index is -1.30. The van der Waals surface area contributed by atoms with Crippen molar-refractivity contribution in [3.63, 3.8) is 0 Å². The second-order valence-electron chi connectivity index (χ2n) is 5.36. The Hall–Kier alpha value is -3.23. The molecule has 0 aliphatic rings. The van der Waals surface area contributed by atoms with E-state index in [4.69, 9.17) is 4.74 Å². The van der Waals surface area contributed by atoms with Crippen molar-refractivity contribution in [3.8, 4) is 23.0 Å². The number of phenolic OH excluding ortho intramolecular Hbond substituents is 2. The van der Waals surface area contributed by atoms with Gasteiger partial charge in [0.1, 0.15) is 0 Å². The Morgan fingerprint density at radius 3 is 2.50 bits per heavy atom. The van der Waals surface area contributed by atoms with Crippen molar-refractivity contribution in [2.24, 2.45) is 5.18 Å². The average Bonchev–Trinajstić information content (AvgIpc) is 2.63. The molecule has 0 heterocycles. The van der Waals surface area contributed by atoms with Gasteiger partial charge in [0.25, 0.3) is 0 Å². The lowest BCUT2D eigenvalue weighted by Crippen LogP contribution is -2.03. The van der Waals surface area contributed by atoms with Crippen LogP contribution in [0.2, 0.25) is 0 Å². The summed E-state index contributed by atoms with van der Waals surface area (Å²) in [4.78, 5) is 22.0. The summed E-state index contributed by atoms with van der Waals surface area (Å²) in [5, 5.41) is 21.9. The zero-order valence-corrected chi connectivity index (χ0v) is 13.9. The van der Waals surface area contributed by atoms with E-state index in [1.54, 1.807) is 0 Å². The van der Waals surface area contributed by atoms with E-state index in [9.17, 15) is 28.7 Å². The second kappa shape index (κ2) is 7.77. The van der Waals surface area contributed by atoms with Crippen LogP contribution in [0.25, 0.3) is 0 Å². The molecule has 0 saturated carbocycles. The normalized spacial score (nSPS) is 10.5. The Kier molecular flexibility index (Phi) is 5.71. The molecule has 138 valence electrons. The number of ether oxygens (including phenoxy) is 2. The number of benzene rings is 2. The van der Waals surface area contributed by atoms with Crippen molar-refractivity contribution in [2.75, 3.05) is 7.11 Å². The molecule has 0 amide bonds. The van der Waals surface area contributed by atoms with Crippen LogP contribution in [0.4, 0.5) is 14.5 Å². The number of nitrogens with zero attached hydrogens (tertiary/aromatic N) is 1. The molecule has 0 bridgehead atoms. The van der Waals surface area contributed by atoms with Gasteiger partial charge in [-0.15, -0.1) is 4.91 Å². The zero-order valence-electron chi connectivity index (χ0n) is 13.9. The molecule has 0 radical (unpaired) electrons. The maximum absolute atomic E-state index is 14.5. The quantitative estimate of drug-likeness (QED) is 0.591. The van der Waals surface area contributed by atoms with Gasteiger partial charge in [0.15, 0.2) is 28.7 Å². The average molecular weight is 367 g/mol. The first-order valence-corrected chi connectivity index (χ1v) is 7.40. The molecule has 0 aliphatic carbocycles. The lowest BCUT2D eigenvalue weighted by molar-refractivity contribution is -0.140. The second-order valence-corrected chi connectivity index (χ2v) is 5.36. The number of aromatic hydroxyl groups is 2. The zero-order chi connectivity index (χ0) is 19.4. The van der Waals surface area contributed by atoms with Gasteiger partial charge in [-0.25, -0.2) is 0 Å². The van der Waals surface area contributed by atoms with E-state index >= 15 is 0 Å². The summed E-state index contributed by atoms with van der Waals surface area (Å²) in [5.41, 5.74) is -0.198. The fraction of sp³-hybridized carbons (Fsp3) is 0.235. The van der Waals surface area contributed by atoms with E-state index < -0.39 is 46.3 Å². The first-order valence-electron chi connectivity index (χ1n) is 7.40. The molecule has 0 unspecified atom stereocenters. The van der Waals surface area contributed by atoms with E-state index in [1.807, 2.05) is 0 Å². The van der Waals surface area contributed by atoms with Gasteiger partial charge in [0.05, 0.1) is 7.11 Å². The lowest BCUT2D eigenvalue weighted by Gasteiger charge is -2.15. The van der Waals surface area contributed by atoms with Crippen molar-refractivity contribution in [1.29, 1.82) is 0 Å².